The SMILES string of the molecule is COCC1(C(=O)N2CCN(C(C)c3cccnc3)CC2)CCNCC1. The van der Waals surface area contributed by atoms with E-state index in [1.165, 1.54) is 5.56 Å². The first kappa shape index (κ1) is 18.3. The molecule has 0 radical (unpaired) electrons. The molecule has 0 aromatic carbocycles. The minimum Gasteiger partial charge on any atom is -0.384 e. The van der Waals surface area contributed by atoms with E-state index in [1.807, 2.05) is 12.3 Å². The minimum atomic E-state index is -0.336. The maximum absolute atomic E-state index is 13.2. The van der Waals surface area contributed by atoms with E-state index >= 15 is 0 Å². The molecule has 2 aliphatic heterocycles. The summed E-state index contributed by atoms with van der Waals surface area (Å²) in [5.74, 6) is 0.282. The van der Waals surface area contributed by atoms with E-state index in [2.05, 4.69) is 33.1 Å². The number of nitrogens with one attached hydrogen (secondary N) is 1. The molecule has 0 bridgehead atoms. The Labute approximate surface area is 150 Å². The Hall–Kier alpha value is -1.50. The number of piperidine rings is 1. The Balaban J connectivity index is 1.60. The smallest absolute Gasteiger partial charge is 0.231 e. The molecule has 3 rings (SSSR count). The van der Waals surface area contributed by atoms with Gasteiger partial charge >= 0.3 is 0 Å². The number of pyridine rings is 1. The molecule has 6 heteroatoms. The predicted octanol–water partition coefficient (Wildman–Crippen LogP) is 1.30. The molecule has 6 nitrogen and oxygen atoms in total. The predicted molar refractivity (Wildman–Crippen MR) is 97.2 cm³/mol. The highest BCUT2D eigenvalue weighted by Gasteiger charge is 2.43. The maximum Gasteiger partial charge on any atom is 0.231 e. The second-order valence-corrected chi connectivity index (χ2v) is 7.25. The van der Waals surface area contributed by atoms with Gasteiger partial charge in [-0.1, -0.05) is 6.07 Å². The number of aromatic nitrogens is 1. The van der Waals surface area contributed by atoms with Crippen LogP contribution in [-0.2, 0) is 9.53 Å². The van der Waals surface area contributed by atoms with Gasteiger partial charge in [0.25, 0.3) is 0 Å². The molecule has 1 amide bonds. The normalized spacial score (nSPS) is 22.6. The van der Waals surface area contributed by atoms with Crippen LogP contribution in [0.5, 0.6) is 0 Å². The Morgan fingerprint density at radius 1 is 1.32 bits per heavy atom. The lowest BCUT2D eigenvalue weighted by Crippen LogP contribution is -2.56. The molecular formula is C19H30N4O2. The number of piperazine rings is 1. The first-order valence-electron chi connectivity index (χ1n) is 9.29. The zero-order valence-electron chi connectivity index (χ0n) is 15.4. The summed E-state index contributed by atoms with van der Waals surface area (Å²) in [6, 6.07) is 4.44. The number of nitrogens with zero attached hydrogens (tertiary/aromatic N) is 3. The van der Waals surface area contributed by atoms with Crippen molar-refractivity contribution in [3.8, 4) is 0 Å². The summed E-state index contributed by atoms with van der Waals surface area (Å²) >= 11 is 0. The highest BCUT2D eigenvalue weighted by atomic mass is 16.5. The number of hydrogen-bond acceptors (Lipinski definition) is 5. The van der Waals surface area contributed by atoms with Gasteiger partial charge in [0, 0.05) is 51.7 Å². The number of methoxy groups -OCH3 is 1. The fourth-order valence-electron chi connectivity index (χ4n) is 4.08. The van der Waals surface area contributed by atoms with Crippen molar-refractivity contribution in [3.63, 3.8) is 0 Å². The van der Waals surface area contributed by atoms with Gasteiger partial charge in [-0.3, -0.25) is 14.7 Å². The molecule has 1 aromatic heterocycles. The van der Waals surface area contributed by atoms with Gasteiger partial charge < -0.3 is 15.0 Å². The van der Waals surface area contributed by atoms with Gasteiger partial charge in [-0.15, -0.1) is 0 Å². The van der Waals surface area contributed by atoms with Crippen LogP contribution < -0.4 is 5.32 Å². The van der Waals surface area contributed by atoms with Crippen LogP contribution in [0, 0.1) is 5.41 Å². The van der Waals surface area contributed by atoms with E-state index in [-0.39, 0.29) is 11.3 Å². The van der Waals surface area contributed by atoms with Gasteiger partial charge in [0.15, 0.2) is 0 Å². The lowest BCUT2D eigenvalue weighted by atomic mass is 9.78. The Morgan fingerprint density at radius 3 is 2.64 bits per heavy atom. The average molecular weight is 346 g/mol. The molecule has 2 fully saturated rings. The zero-order chi connectivity index (χ0) is 17.7. The molecule has 0 aliphatic carbocycles. The van der Waals surface area contributed by atoms with Gasteiger partial charge in [0.1, 0.15) is 0 Å². The van der Waals surface area contributed by atoms with Gasteiger partial charge in [-0.05, 0) is 44.5 Å². The van der Waals surface area contributed by atoms with Crippen LogP contribution in [0.2, 0.25) is 0 Å². The van der Waals surface area contributed by atoms with Crippen molar-refractivity contribution in [3.05, 3.63) is 30.1 Å². The van der Waals surface area contributed by atoms with Crippen LogP contribution in [-0.4, -0.2) is 73.7 Å². The van der Waals surface area contributed by atoms with Crippen LogP contribution in [0.3, 0.4) is 0 Å². The number of rotatable bonds is 5. The molecule has 1 aromatic rings. The fraction of sp³-hybridized carbons (Fsp3) is 0.684. The van der Waals surface area contributed by atoms with E-state index in [4.69, 9.17) is 4.74 Å². The highest BCUT2D eigenvalue weighted by Crippen LogP contribution is 2.32. The second kappa shape index (κ2) is 8.25. The molecule has 1 N–H and O–H groups in total. The van der Waals surface area contributed by atoms with Crippen molar-refractivity contribution < 1.29 is 9.53 Å². The third-order valence-electron chi connectivity index (χ3n) is 5.75. The molecule has 1 unspecified atom stereocenters. The summed E-state index contributed by atoms with van der Waals surface area (Å²) < 4.78 is 5.42. The van der Waals surface area contributed by atoms with Gasteiger partial charge in [0.2, 0.25) is 5.91 Å². The third kappa shape index (κ3) is 4.02. The lowest BCUT2D eigenvalue weighted by Gasteiger charge is -2.43. The van der Waals surface area contributed by atoms with Crippen LogP contribution in [0.25, 0.3) is 0 Å². The van der Waals surface area contributed by atoms with Gasteiger partial charge in [-0.25, -0.2) is 0 Å². The number of ether oxygens (including phenoxy) is 1. The zero-order valence-corrected chi connectivity index (χ0v) is 15.4. The largest absolute Gasteiger partial charge is 0.384 e. The summed E-state index contributed by atoms with van der Waals surface area (Å²) in [4.78, 5) is 21.9. The van der Waals surface area contributed by atoms with Crippen molar-refractivity contribution in [2.45, 2.75) is 25.8 Å². The average Bonchev–Trinajstić information content (AvgIpc) is 2.68. The first-order chi connectivity index (χ1) is 12.2. The lowest BCUT2D eigenvalue weighted by molar-refractivity contribution is -0.149. The van der Waals surface area contributed by atoms with Gasteiger partial charge in [0.05, 0.1) is 12.0 Å². The van der Waals surface area contributed by atoms with E-state index < -0.39 is 0 Å². The summed E-state index contributed by atoms with van der Waals surface area (Å²) in [5.41, 5.74) is 0.897. The number of hydrogen-bond donors (Lipinski definition) is 1. The fourth-order valence-corrected chi connectivity index (χ4v) is 4.08. The molecule has 1 atom stereocenters. The molecule has 0 spiro atoms. The molecular weight excluding hydrogens is 316 g/mol. The van der Waals surface area contributed by atoms with Crippen LogP contribution in [0.1, 0.15) is 31.4 Å². The van der Waals surface area contributed by atoms with Crippen molar-refractivity contribution in [1.82, 2.24) is 20.1 Å². The van der Waals surface area contributed by atoms with E-state index in [1.54, 1.807) is 13.3 Å². The summed E-state index contributed by atoms with van der Waals surface area (Å²) in [7, 11) is 1.70. The summed E-state index contributed by atoms with van der Waals surface area (Å²) in [6.45, 7) is 7.94. The van der Waals surface area contributed by atoms with E-state index in [0.717, 1.165) is 52.1 Å². The monoisotopic (exact) mass is 346 g/mol. The Bertz CT molecular complexity index is 546. The molecule has 2 aliphatic rings. The number of carbonyl (C=O) groups excluding carboxylic acids is 1. The van der Waals surface area contributed by atoms with Crippen molar-refractivity contribution in [2.24, 2.45) is 5.41 Å². The van der Waals surface area contributed by atoms with Crippen LogP contribution in [0.15, 0.2) is 24.5 Å². The summed E-state index contributed by atoms with van der Waals surface area (Å²) in [6.07, 6.45) is 5.48. The number of carbonyl (C=O) groups is 1. The minimum absolute atomic E-state index is 0.282. The molecule has 25 heavy (non-hydrogen) atoms. The number of amides is 1. The standard InChI is InChI=1S/C19H30N4O2/c1-16(17-4-3-7-21-14-17)22-10-12-23(13-11-22)18(24)19(15-25-2)5-8-20-9-6-19/h3-4,7,14,16,20H,5-6,8-13,15H2,1-2H3. The highest BCUT2D eigenvalue weighted by molar-refractivity contribution is 5.83. The quantitative estimate of drug-likeness (QED) is 0.871. The Kier molecular flexibility index (Phi) is 6.04. The Morgan fingerprint density at radius 2 is 2.04 bits per heavy atom. The molecule has 3 heterocycles. The van der Waals surface area contributed by atoms with Crippen LogP contribution in [0.4, 0.5) is 0 Å². The molecule has 2 saturated heterocycles. The third-order valence-corrected chi connectivity index (χ3v) is 5.75. The van der Waals surface area contributed by atoms with Crippen molar-refractivity contribution in [2.75, 3.05) is 53.0 Å². The summed E-state index contributed by atoms with van der Waals surface area (Å²) in [5, 5.41) is 3.36. The van der Waals surface area contributed by atoms with E-state index in [0.29, 0.717) is 12.6 Å². The second-order valence-electron chi connectivity index (χ2n) is 7.25. The van der Waals surface area contributed by atoms with E-state index in [9.17, 15) is 4.79 Å². The molecule has 138 valence electrons. The van der Waals surface area contributed by atoms with Gasteiger partial charge in [-0.2, -0.15) is 0 Å². The van der Waals surface area contributed by atoms with Crippen LogP contribution >= 0.6 is 0 Å². The van der Waals surface area contributed by atoms with Crippen molar-refractivity contribution in [1.29, 1.82) is 0 Å². The van der Waals surface area contributed by atoms with Crippen molar-refractivity contribution >= 4 is 5.91 Å². The maximum atomic E-state index is 13.2. The molecule has 0 saturated carbocycles. The first-order valence-corrected chi connectivity index (χ1v) is 9.29. The topological polar surface area (TPSA) is 57.7 Å².